The second kappa shape index (κ2) is 8.60. The van der Waals surface area contributed by atoms with Crippen molar-refractivity contribution in [1.29, 1.82) is 0 Å². The SMILES string of the molecule is Cc1nn(C)c(C)c1NC(=O)COC(=O)/C=C/c1ccc2c(c1)OCCCO2. The van der Waals surface area contributed by atoms with Crippen LogP contribution in [0, 0.1) is 13.8 Å². The number of rotatable bonds is 5. The molecule has 1 aliphatic heterocycles. The van der Waals surface area contributed by atoms with Crippen molar-refractivity contribution in [2.45, 2.75) is 20.3 Å². The molecule has 2 aromatic rings. The average molecular weight is 385 g/mol. The van der Waals surface area contributed by atoms with E-state index < -0.39 is 11.9 Å². The van der Waals surface area contributed by atoms with Gasteiger partial charge in [0.25, 0.3) is 5.91 Å². The lowest BCUT2D eigenvalue weighted by Crippen LogP contribution is -2.20. The molecule has 0 fully saturated rings. The molecule has 1 aromatic carbocycles. The Balaban J connectivity index is 1.52. The summed E-state index contributed by atoms with van der Waals surface area (Å²) in [5.74, 6) is 0.308. The second-order valence-corrected chi connectivity index (χ2v) is 6.42. The average Bonchev–Trinajstić information content (AvgIpc) is 2.85. The predicted octanol–water partition coefficient (Wildman–Crippen LogP) is 2.39. The van der Waals surface area contributed by atoms with Crippen molar-refractivity contribution in [3.63, 3.8) is 0 Å². The number of nitrogens with one attached hydrogen (secondary N) is 1. The lowest BCUT2D eigenvalue weighted by atomic mass is 10.2. The molecular formula is C20H23N3O5. The number of esters is 1. The zero-order chi connectivity index (χ0) is 20.1. The van der Waals surface area contributed by atoms with E-state index in [2.05, 4.69) is 10.4 Å². The van der Waals surface area contributed by atoms with Crippen LogP contribution in [-0.4, -0.2) is 41.5 Å². The molecule has 0 aliphatic carbocycles. The van der Waals surface area contributed by atoms with Crippen LogP contribution in [0.4, 0.5) is 5.69 Å². The quantitative estimate of drug-likeness (QED) is 0.628. The summed E-state index contributed by atoms with van der Waals surface area (Å²) in [5.41, 5.74) is 2.93. The van der Waals surface area contributed by atoms with Crippen LogP contribution in [0.15, 0.2) is 24.3 Å². The topological polar surface area (TPSA) is 91.7 Å². The molecule has 8 nitrogen and oxygen atoms in total. The molecule has 1 aliphatic rings. The molecule has 8 heteroatoms. The molecule has 0 saturated heterocycles. The highest BCUT2D eigenvalue weighted by atomic mass is 16.5. The number of hydrogen-bond acceptors (Lipinski definition) is 6. The fraction of sp³-hybridized carbons (Fsp3) is 0.350. The summed E-state index contributed by atoms with van der Waals surface area (Å²) in [7, 11) is 1.79. The molecule has 3 rings (SSSR count). The number of carbonyl (C=O) groups is 2. The van der Waals surface area contributed by atoms with Gasteiger partial charge in [-0.3, -0.25) is 9.48 Å². The zero-order valence-corrected chi connectivity index (χ0v) is 16.2. The number of aromatic nitrogens is 2. The third-order valence-corrected chi connectivity index (χ3v) is 4.30. The molecule has 1 aromatic heterocycles. The summed E-state index contributed by atoms with van der Waals surface area (Å²) < 4.78 is 17.9. The van der Waals surface area contributed by atoms with Gasteiger partial charge in [-0.05, 0) is 37.6 Å². The standard InChI is InChI=1S/C20H23N3O5/c1-13-20(14(2)23(3)22-13)21-18(24)12-28-19(25)8-6-15-5-7-16-17(11-15)27-10-4-9-26-16/h5-8,11H,4,9-10,12H2,1-3H3,(H,21,24)/b8-6+. The second-order valence-electron chi connectivity index (χ2n) is 6.42. The predicted molar refractivity (Wildman–Crippen MR) is 103 cm³/mol. The number of ether oxygens (including phenoxy) is 3. The van der Waals surface area contributed by atoms with Gasteiger partial charge >= 0.3 is 5.97 Å². The summed E-state index contributed by atoms with van der Waals surface area (Å²) in [6.07, 6.45) is 3.70. The van der Waals surface area contributed by atoms with Crippen LogP contribution in [-0.2, 0) is 21.4 Å². The van der Waals surface area contributed by atoms with Gasteiger partial charge in [-0.15, -0.1) is 0 Å². The number of anilines is 1. The van der Waals surface area contributed by atoms with Crippen molar-refractivity contribution in [2.24, 2.45) is 7.05 Å². The Kier molecular flexibility index (Phi) is 5.98. The van der Waals surface area contributed by atoms with Crippen molar-refractivity contribution < 1.29 is 23.8 Å². The minimum atomic E-state index is -0.609. The number of amides is 1. The summed E-state index contributed by atoms with van der Waals surface area (Å²) >= 11 is 0. The maximum Gasteiger partial charge on any atom is 0.331 e. The third-order valence-electron chi connectivity index (χ3n) is 4.30. The molecule has 0 atom stereocenters. The fourth-order valence-corrected chi connectivity index (χ4v) is 2.76. The highest BCUT2D eigenvalue weighted by Crippen LogP contribution is 2.30. The molecular weight excluding hydrogens is 362 g/mol. The maximum absolute atomic E-state index is 12.0. The molecule has 0 spiro atoms. The van der Waals surface area contributed by atoms with Crippen LogP contribution < -0.4 is 14.8 Å². The van der Waals surface area contributed by atoms with Crippen LogP contribution >= 0.6 is 0 Å². The van der Waals surface area contributed by atoms with Gasteiger partial charge in [0, 0.05) is 19.5 Å². The smallest absolute Gasteiger partial charge is 0.331 e. The minimum Gasteiger partial charge on any atom is -0.490 e. The molecule has 2 heterocycles. The van der Waals surface area contributed by atoms with Crippen LogP contribution in [0.25, 0.3) is 6.08 Å². The van der Waals surface area contributed by atoms with E-state index in [1.165, 1.54) is 6.08 Å². The van der Waals surface area contributed by atoms with Gasteiger partial charge in [-0.1, -0.05) is 6.07 Å². The summed E-state index contributed by atoms with van der Waals surface area (Å²) in [5, 5.41) is 6.94. The summed E-state index contributed by atoms with van der Waals surface area (Å²) in [6.45, 7) is 4.48. The molecule has 148 valence electrons. The van der Waals surface area contributed by atoms with Crippen molar-refractivity contribution >= 4 is 23.6 Å². The lowest BCUT2D eigenvalue weighted by Gasteiger charge is -2.07. The molecule has 0 radical (unpaired) electrons. The number of fused-ring (bicyclic) bond motifs is 1. The first-order valence-electron chi connectivity index (χ1n) is 8.98. The summed E-state index contributed by atoms with van der Waals surface area (Å²) in [6, 6.07) is 5.42. The van der Waals surface area contributed by atoms with Crippen LogP contribution in [0.1, 0.15) is 23.4 Å². The van der Waals surface area contributed by atoms with E-state index in [0.29, 0.717) is 36.1 Å². The molecule has 0 bridgehead atoms. The third kappa shape index (κ3) is 4.70. The molecule has 0 unspecified atom stereocenters. The van der Waals surface area contributed by atoms with Gasteiger partial charge in [0.15, 0.2) is 18.1 Å². The van der Waals surface area contributed by atoms with E-state index in [1.807, 2.05) is 13.0 Å². The molecule has 0 saturated carbocycles. The molecule has 1 amide bonds. The van der Waals surface area contributed by atoms with Crippen LogP contribution in [0.2, 0.25) is 0 Å². The summed E-state index contributed by atoms with van der Waals surface area (Å²) in [4.78, 5) is 23.9. The first-order valence-corrected chi connectivity index (χ1v) is 8.98. The zero-order valence-electron chi connectivity index (χ0n) is 16.2. The largest absolute Gasteiger partial charge is 0.490 e. The highest BCUT2D eigenvalue weighted by molar-refractivity contribution is 5.95. The van der Waals surface area contributed by atoms with E-state index in [4.69, 9.17) is 14.2 Å². The molecule has 28 heavy (non-hydrogen) atoms. The van der Waals surface area contributed by atoms with Gasteiger partial charge in [-0.2, -0.15) is 5.10 Å². The Bertz CT molecular complexity index is 917. The first-order chi connectivity index (χ1) is 13.4. The highest BCUT2D eigenvalue weighted by Gasteiger charge is 2.14. The van der Waals surface area contributed by atoms with Crippen molar-refractivity contribution in [1.82, 2.24) is 9.78 Å². The van der Waals surface area contributed by atoms with Crippen molar-refractivity contribution in [3.8, 4) is 11.5 Å². The number of carbonyl (C=O) groups excluding carboxylic acids is 2. The van der Waals surface area contributed by atoms with Crippen LogP contribution in [0.5, 0.6) is 11.5 Å². The number of hydrogen-bond donors (Lipinski definition) is 1. The lowest BCUT2D eigenvalue weighted by molar-refractivity contribution is -0.142. The first kappa shape index (κ1) is 19.5. The van der Waals surface area contributed by atoms with E-state index in [0.717, 1.165) is 17.7 Å². The van der Waals surface area contributed by atoms with Crippen molar-refractivity contribution in [2.75, 3.05) is 25.1 Å². The van der Waals surface area contributed by atoms with E-state index in [9.17, 15) is 9.59 Å². The Morgan fingerprint density at radius 1 is 1.25 bits per heavy atom. The normalized spacial score (nSPS) is 13.2. The van der Waals surface area contributed by atoms with E-state index >= 15 is 0 Å². The van der Waals surface area contributed by atoms with Gasteiger partial charge in [0.05, 0.1) is 30.3 Å². The van der Waals surface area contributed by atoms with Gasteiger partial charge in [-0.25, -0.2) is 4.79 Å². The van der Waals surface area contributed by atoms with E-state index in [-0.39, 0.29) is 6.61 Å². The minimum absolute atomic E-state index is 0.377. The monoisotopic (exact) mass is 385 g/mol. The van der Waals surface area contributed by atoms with Crippen LogP contribution in [0.3, 0.4) is 0 Å². The number of benzene rings is 1. The van der Waals surface area contributed by atoms with Gasteiger partial charge in [0.2, 0.25) is 0 Å². The Morgan fingerprint density at radius 3 is 2.71 bits per heavy atom. The number of aryl methyl sites for hydroxylation is 2. The molecule has 1 N–H and O–H groups in total. The Hall–Kier alpha value is -3.29. The number of nitrogens with zero attached hydrogens (tertiary/aromatic N) is 2. The van der Waals surface area contributed by atoms with E-state index in [1.54, 1.807) is 36.9 Å². The fourth-order valence-electron chi connectivity index (χ4n) is 2.76. The van der Waals surface area contributed by atoms with Crippen molar-refractivity contribution in [3.05, 3.63) is 41.2 Å². The maximum atomic E-state index is 12.0. The van der Waals surface area contributed by atoms with Gasteiger partial charge < -0.3 is 19.5 Å². The Morgan fingerprint density at radius 2 is 2.00 bits per heavy atom. The van der Waals surface area contributed by atoms with Gasteiger partial charge in [0.1, 0.15) is 0 Å². The Labute approximate surface area is 163 Å².